The number of hydrogen-bond acceptors (Lipinski definition) is 12. The largest absolute Gasteiger partial charge is 0.481 e. The summed E-state index contributed by atoms with van der Waals surface area (Å²) in [6, 6.07) is 5.05. The Kier molecular flexibility index (Phi) is 25.1. The molecule has 15 heteroatoms. The Morgan fingerprint density at radius 3 is 2.07 bits per heavy atom. The molecule has 0 aliphatic carbocycles. The molecule has 5 atom stereocenters. The van der Waals surface area contributed by atoms with Gasteiger partial charge in [-0.05, 0) is 57.2 Å². The van der Waals surface area contributed by atoms with Gasteiger partial charge in [-0.1, -0.05) is 75.7 Å². The number of benzene rings is 1. The van der Waals surface area contributed by atoms with E-state index >= 15 is 0 Å². The van der Waals surface area contributed by atoms with Crippen LogP contribution in [0.2, 0.25) is 0 Å². The number of aliphatic carboxylic acids is 1. The lowest BCUT2D eigenvalue weighted by atomic mass is 9.82. The Hall–Kier alpha value is -4.94. The highest BCUT2D eigenvalue weighted by atomic mass is 16.7. The molecule has 0 aliphatic heterocycles. The molecule has 58 heavy (non-hydrogen) atoms. The molecule has 0 bridgehead atoms. The number of nitrogens with zero attached hydrogens (tertiary/aromatic N) is 1. The number of ether oxygens (including phenoxy) is 5. The molecule has 0 saturated heterocycles. The first kappa shape index (κ1) is 51.1. The van der Waals surface area contributed by atoms with Crippen molar-refractivity contribution >= 4 is 35.7 Å². The summed E-state index contributed by atoms with van der Waals surface area (Å²) in [5, 5.41) is 24.3. The number of nitrogens with one attached hydrogen (secondary N) is 1. The van der Waals surface area contributed by atoms with Crippen LogP contribution in [0.5, 0.6) is 5.75 Å². The van der Waals surface area contributed by atoms with Gasteiger partial charge in [-0.25, -0.2) is 14.4 Å². The van der Waals surface area contributed by atoms with Gasteiger partial charge in [-0.2, -0.15) is 0 Å². The maximum Gasteiger partial charge on any atom is 0.412 e. The average molecular weight is 817 g/mol. The predicted molar refractivity (Wildman–Crippen MR) is 215 cm³/mol. The molecule has 0 saturated carbocycles. The summed E-state index contributed by atoms with van der Waals surface area (Å²) < 4.78 is 26.0. The van der Waals surface area contributed by atoms with Crippen molar-refractivity contribution in [2.24, 2.45) is 5.92 Å². The van der Waals surface area contributed by atoms with Gasteiger partial charge in [0.15, 0.2) is 11.9 Å². The Morgan fingerprint density at radius 2 is 1.50 bits per heavy atom. The molecule has 324 valence electrons. The van der Waals surface area contributed by atoms with Crippen LogP contribution in [0.1, 0.15) is 117 Å². The van der Waals surface area contributed by atoms with E-state index in [1.165, 1.54) is 53.6 Å². The van der Waals surface area contributed by atoms with Gasteiger partial charge in [0, 0.05) is 47.4 Å². The third-order valence-corrected chi connectivity index (χ3v) is 9.04. The normalized spacial score (nSPS) is 14.1. The minimum absolute atomic E-state index is 0.157. The van der Waals surface area contributed by atoms with Crippen molar-refractivity contribution in [1.29, 1.82) is 0 Å². The quantitative estimate of drug-likeness (QED) is 0.0284. The summed E-state index contributed by atoms with van der Waals surface area (Å²) in [6.07, 6.45) is 8.04. The molecule has 1 aromatic rings. The zero-order chi connectivity index (χ0) is 43.5. The predicted octanol–water partition coefficient (Wildman–Crippen LogP) is 5.89. The lowest BCUT2D eigenvalue weighted by Gasteiger charge is -2.31. The molecule has 0 aromatic heterocycles. The third kappa shape index (κ3) is 20.5. The van der Waals surface area contributed by atoms with E-state index in [0.717, 1.165) is 49.8 Å². The molecular formula is C43H64N2O13. The molecular weight excluding hydrogens is 752 g/mol. The summed E-state index contributed by atoms with van der Waals surface area (Å²) >= 11 is 0. The van der Waals surface area contributed by atoms with E-state index < -0.39 is 66.5 Å². The topological polar surface area (TPSA) is 204 Å². The number of amides is 2. The zero-order valence-corrected chi connectivity index (χ0v) is 35.2. The number of carbonyl (C=O) groups is 6. The number of carboxylic acids is 1. The first-order chi connectivity index (χ1) is 27.6. The number of Topliss-reactive ketones (excluding diaryl/α,β-unsaturated/α-hetero) is 1. The SMILES string of the molecule is CC#CCOc1ccc(C[C@H](NC(=O)[C@@H](/C=C/CCCCCCC(=O)CCCCCCC)[C@@](O)(CC(=O)OC(C)OC)C(=O)O)C(=O)OC(C)OC(=O)N(C)C)cc1. The van der Waals surface area contributed by atoms with Crippen molar-refractivity contribution in [1.82, 2.24) is 10.2 Å². The number of aliphatic hydroxyl groups is 1. The number of allylic oxidation sites excluding steroid dienone is 1. The van der Waals surface area contributed by atoms with Crippen molar-refractivity contribution in [3.05, 3.63) is 42.0 Å². The van der Waals surface area contributed by atoms with Gasteiger partial charge in [0.2, 0.25) is 12.2 Å². The first-order valence-electron chi connectivity index (χ1n) is 19.9. The van der Waals surface area contributed by atoms with Crippen molar-refractivity contribution in [2.75, 3.05) is 27.8 Å². The Balaban J connectivity index is 3.29. The number of ketones is 1. The Bertz CT molecular complexity index is 1530. The molecule has 0 radical (unpaired) electrons. The number of methoxy groups -OCH3 is 1. The fourth-order valence-corrected chi connectivity index (χ4v) is 5.62. The second kappa shape index (κ2) is 28.5. The van der Waals surface area contributed by atoms with E-state index in [1.54, 1.807) is 31.2 Å². The van der Waals surface area contributed by atoms with E-state index in [1.807, 2.05) is 0 Å². The number of esters is 2. The van der Waals surface area contributed by atoms with E-state index in [2.05, 4.69) is 24.1 Å². The van der Waals surface area contributed by atoms with E-state index in [0.29, 0.717) is 37.0 Å². The summed E-state index contributed by atoms with van der Waals surface area (Å²) in [5.74, 6) is -0.831. The standard InChI is InChI=1S/C43H64N2O13/c1-8-10-12-15-18-21-34(46)22-19-16-13-14-17-20-23-36(43(53,41(50)51)30-38(47)56-31(3)54-7)39(48)44-37(40(49)57-32(4)58-42(52)45(5)6)29-33-24-26-35(27-25-33)55-28-11-9-2/h20,23-27,31-32,36-37,53H,8,10,12-19,21-22,28-30H2,1-7H3,(H,44,48)(H,50,51)/b23-20+/t31?,32?,36-,37+,43+/m1/s1. The molecule has 0 aliphatic rings. The minimum Gasteiger partial charge on any atom is -0.481 e. The van der Waals surface area contributed by atoms with Gasteiger partial charge in [-0.3, -0.25) is 14.4 Å². The van der Waals surface area contributed by atoms with Gasteiger partial charge in [0.05, 0.1) is 12.3 Å². The van der Waals surface area contributed by atoms with Crippen LogP contribution < -0.4 is 10.1 Å². The van der Waals surface area contributed by atoms with Crippen LogP contribution >= 0.6 is 0 Å². The first-order valence-corrected chi connectivity index (χ1v) is 19.9. The van der Waals surface area contributed by atoms with E-state index in [9.17, 15) is 39.0 Å². The highest BCUT2D eigenvalue weighted by Crippen LogP contribution is 2.27. The van der Waals surface area contributed by atoms with Crippen LogP contribution in [0.4, 0.5) is 4.79 Å². The highest BCUT2D eigenvalue weighted by Gasteiger charge is 2.50. The Morgan fingerprint density at radius 1 is 0.879 bits per heavy atom. The average Bonchev–Trinajstić information content (AvgIpc) is 3.17. The second-order valence-electron chi connectivity index (χ2n) is 14.2. The monoisotopic (exact) mass is 816 g/mol. The lowest BCUT2D eigenvalue weighted by Crippen LogP contribution is -2.56. The van der Waals surface area contributed by atoms with Crippen LogP contribution in [0.15, 0.2) is 36.4 Å². The Labute approximate surface area is 343 Å². The van der Waals surface area contributed by atoms with Crippen molar-refractivity contribution in [3.8, 4) is 17.6 Å². The van der Waals surface area contributed by atoms with Crippen LogP contribution in [0.25, 0.3) is 0 Å². The number of rotatable bonds is 29. The van der Waals surface area contributed by atoms with E-state index in [-0.39, 0.29) is 18.8 Å². The number of carbonyl (C=O) groups excluding carboxylic acids is 5. The maximum absolute atomic E-state index is 14.1. The molecule has 15 nitrogen and oxygen atoms in total. The summed E-state index contributed by atoms with van der Waals surface area (Å²) in [7, 11) is 4.13. The van der Waals surface area contributed by atoms with E-state index in [4.69, 9.17) is 23.7 Å². The minimum atomic E-state index is -3.02. The van der Waals surface area contributed by atoms with Crippen LogP contribution in [0, 0.1) is 17.8 Å². The van der Waals surface area contributed by atoms with Gasteiger partial charge in [0.25, 0.3) is 0 Å². The van der Waals surface area contributed by atoms with Crippen LogP contribution in [-0.4, -0.2) is 103 Å². The van der Waals surface area contributed by atoms with Gasteiger partial charge in [0.1, 0.15) is 24.2 Å². The number of hydrogen-bond donors (Lipinski definition) is 3. The van der Waals surface area contributed by atoms with Crippen molar-refractivity contribution in [3.63, 3.8) is 0 Å². The zero-order valence-electron chi connectivity index (χ0n) is 35.2. The fourth-order valence-electron chi connectivity index (χ4n) is 5.62. The molecule has 1 aromatic carbocycles. The van der Waals surface area contributed by atoms with Crippen molar-refractivity contribution in [2.45, 2.75) is 142 Å². The number of carboxylic acid groups (broad SMARTS) is 1. The molecule has 3 N–H and O–H groups in total. The molecule has 0 spiro atoms. The second-order valence-corrected chi connectivity index (χ2v) is 14.2. The summed E-state index contributed by atoms with van der Waals surface area (Å²) in [4.78, 5) is 78.5. The smallest absolute Gasteiger partial charge is 0.412 e. The lowest BCUT2D eigenvalue weighted by molar-refractivity contribution is -0.185. The molecule has 0 heterocycles. The molecule has 2 unspecified atom stereocenters. The van der Waals surface area contributed by atoms with Crippen molar-refractivity contribution < 1.29 is 62.7 Å². The van der Waals surface area contributed by atoms with Gasteiger partial charge >= 0.3 is 24.0 Å². The van der Waals surface area contributed by atoms with Crippen LogP contribution in [0.3, 0.4) is 0 Å². The third-order valence-electron chi connectivity index (χ3n) is 9.04. The fraction of sp³-hybridized carbons (Fsp3) is 0.628. The highest BCUT2D eigenvalue weighted by molar-refractivity contribution is 5.95. The molecule has 1 rings (SSSR count). The van der Waals surface area contributed by atoms with Gasteiger partial charge in [-0.15, -0.1) is 5.92 Å². The van der Waals surface area contributed by atoms with Gasteiger partial charge < -0.3 is 44.1 Å². The molecule has 2 amide bonds. The number of unbranched alkanes of at least 4 members (excludes halogenated alkanes) is 8. The molecule has 0 fully saturated rings. The maximum atomic E-state index is 14.1. The van der Waals surface area contributed by atoms with Crippen LogP contribution in [-0.2, 0) is 49.3 Å². The summed E-state index contributed by atoms with van der Waals surface area (Å²) in [5.41, 5.74) is -2.49. The summed E-state index contributed by atoms with van der Waals surface area (Å²) in [6.45, 7) is 6.67.